The van der Waals surface area contributed by atoms with Crippen LogP contribution in [0.4, 0.5) is 0 Å². The third kappa shape index (κ3) is 5.44. The third-order valence-corrected chi connectivity index (χ3v) is 2.99. The lowest BCUT2D eigenvalue weighted by atomic mass is 10.1. The fraction of sp³-hybridized carbons (Fsp3) is 0.818. The van der Waals surface area contributed by atoms with Gasteiger partial charge in [-0.05, 0) is 6.42 Å². The SMILES string of the molecule is O=C(O)CC[C@H](C(=O)O)N1CCNCCNCC1. The Kier molecular flexibility index (Phi) is 6.63. The molecule has 0 bridgehead atoms. The number of nitrogens with one attached hydrogen (secondary N) is 2. The van der Waals surface area contributed by atoms with Crippen LogP contribution in [0, 0.1) is 0 Å². The molecule has 0 aromatic rings. The molecule has 1 fully saturated rings. The van der Waals surface area contributed by atoms with E-state index in [1.807, 2.05) is 4.90 Å². The summed E-state index contributed by atoms with van der Waals surface area (Å²) in [5.41, 5.74) is 0. The molecule has 0 aromatic heterocycles. The van der Waals surface area contributed by atoms with E-state index in [1.54, 1.807) is 0 Å². The maximum Gasteiger partial charge on any atom is 0.320 e. The first-order valence-corrected chi connectivity index (χ1v) is 6.21. The maximum absolute atomic E-state index is 11.2. The zero-order valence-electron chi connectivity index (χ0n) is 10.4. The second-order valence-corrected chi connectivity index (χ2v) is 4.32. The summed E-state index contributed by atoms with van der Waals surface area (Å²) in [7, 11) is 0. The van der Waals surface area contributed by atoms with Crippen LogP contribution in [-0.4, -0.2) is 72.4 Å². The van der Waals surface area contributed by atoms with Gasteiger partial charge in [0.1, 0.15) is 6.04 Å². The van der Waals surface area contributed by atoms with E-state index < -0.39 is 18.0 Å². The number of carboxylic acids is 2. The highest BCUT2D eigenvalue weighted by Gasteiger charge is 2.25. The first-order chi connectivity index (χ1) is 8.61. The lowest BCUT2D eigenvalue weighted by Crippen LogP contribution is -2.46. The van der Waals surface area contributed by atoms with Crippen molar-refractivity contribution in [2.75, 3.05) is 39.3 Å². The van der Waals surface area contributed by atoms with Gasteiger partial charge in [-0.25, -0.2) is 0 Å². The van der Waals surface area contributed by atoms with Crippen LogP contribution in [0.1, 0.15) is 12.8 Å². The quantitative estimate of drug-likeness (QED) is 0.492. The van der Waals surface area contributed by atoms with Gasteiger partial charge >= 0.3 is 11.9 Å². The van der Waals surface area contributed by atoms with Crippen LogP contribution in [0.5, 0.6) is 0 Å². The molecule has 1 atom stereocenters. The lowest BCUT2D eigenvalue weighted by Gasteiger charge is -2.28. The molecule has 0 aliphatic carbocycles. The number of carboxylic acid groups (broad SMARTS) is 2. The van der Waals surface area contributed by atoms with Gasteiger partial charge in [-0.15, -0.1) is 0 Å². The van der Waals surface area contributed by atoms with Crippen molar-refractivity contribution in [2.24, 2.45) is 0 Å². The zero-order chi connectivity index (χ0) is 13.4. The van der Waals surface area contributed by atoms with Gasteiger partial charge in [0.25, 0.3) is 0 Å². The number of rotatable bonds is 5. The van der Waals surface area contributed by atoms with E-state index >= 15 is 0 Å². The summed E-state index contributed by atoms with van der Waals surface area (Å²) in [6.45, 7) is 4.41. The molecule has 104 valence electrons. The molecule has 1 rings (SSSR count). The average molecular weight is 259 g/mol. The van der Waals surface area contributed by atoms with Crippen molar-refractivity contribution in [1.82, 2.24) is 15.5 Å². The van der Waals surface area contributed by atoms with Crippen molar-refractivity contribution in [2.45, 2.75) is 18.9 Å². The highest BCUT2D eigenvalue weighted by Crippen LogP contribution is 2.07. The Morgan fingerprint density at radius 1 is 1.06 bits per heavy atom. The van der Waals surface area contributed by atoms with Crippen LogP contribution in [0.15, 0.2) is 0 Å². The monoisotopic (exact) mass is 259 g/mol. The Hall–Kier alpha value is -1.18. The molecule has 7 heteroatoms. The molecule has 1 aliphatic rings. The molecule has 0 aromatic carbocycles. The molecule has 1 heterocycles. The molecule has 4 N–H and O–H groups in total. The van der Waals surface area contributed by atoms with Crippen molar-refractivity contribution in [1.29, 1.82) is 0 Å². The maximum atomic E-state index is 11.2. The van der Waals surface area contributed by atoms with Gasteiger partial charge in [0.05, 0.1) is 0 Å². The van der Waals surface area contributed by atoms with Crippen LogP contribution in [0.25, 0.3) is 0 Å². The van der Waals surface area contributed by atoms with Gasteiger partial charge in [0.2, 0.25) is 0 Å². The molecule has 7 nitrogen and oxygen atoms in total. The summed E-state index contributed by atoms with van der Waals surface area (Å²) in [5.74, 6) is -1.91. The normalized spacial score (nSPS) is 20.4. The fourth-order valence-electron chi connectivity index (χ4n) is 2.02. The molecule has 1 aliphatic heterocycles. The van der Waals surface area contributed by atoms with E-state index in [0.717, 1.165) is 26.2 Å². The highest BCUT2D eigenvalue weighted by atomic mass is 16.4. The topological polar surface area (TPSA) is 102 Å². The van der Waals surface area contributed by atoms with E-state index in [0.29, 0.717) is 13.1 Å². The number of nitrogens with zero attached hydrogens (tertiary/aromatic N) is 1. The van der Waals surface area contributed by atoms with Crippen LogP contribution < -0.4 is 10.6 Å². The number of hydrogen-bond donors (Lipinski definition) is 4. The minimum Gasteiger partial charge on any atom is -0.481 e. The second kappa shape index (κ2) is 8.02. The molecular formula is C11H21N3O4. The Bertz CT molecular complexity index is 275. The summed E-state index contributed by atoms with van der Waals surface area (Å²) in [5, 5.41) is 24.3. The van der Waals surface area contributed by atoms with Crippen molar-refractivity contribution in [3.05, 3.63) is 0 Å². The first-order valence-electron chi connectivity index (χ1n) is 6.21. The summed E-state index contributed by atoms with van der Waals surface area (Å²) >= 11 is 0. The standard InChI is InChI=1S/C11H21N3O4/c15-10(16)2-1-9(11(17)18)14-7-5-12-3-4-13-6-8-14/h9,12-13H,1-8H2,(H,15,16)(H,17,18)/t9-/m1/s1. The first kappa shape index (κ1) is 14.9. The van der Waals surface area contributed by atoms with E-state index in [9.17, 15) is 14.7 Å². The Balaban J connectivity index is 2.56. The summed E-state index contributed by atoms with van der Waals surface area (Å²) in [6.07, 6.45) is 0.0268. The summed E-state index contributed by atoms with van der Waals surface area (Å²) in [4.78, 5) is 23.6. The largest absolute Gasteiger partial charge is 0.481 e. The van der Waals surface area contributed by atoms with Crippen LogP contribution in [-0.2, 0) is 9.59 Å². The predicted octanol–water partition coefficient (Wildman–Crippen LogP) is -1.20. The van der Waals surface area contributed by atoms with Crippen molar-refractivity contribution >= 4 is 11.9 Å². The van der Waals surface area contributed by atoms with E-state index in [1.165, 1.54) is 0 Å². The van der Waals surface area contributed by atoms with Crippen molar-refractivity contribution in [3.63, 3.8) is 0 Å². The Labute approximate surface area is 106 Å². The van der Waals surface area contributed by atoms with Gasteiger partial charge in [-0.1, -0.05) is 0 Å². The second-order valence-electron chi connectivity index (χ2n) is 4.32. The minimum atomic E-state index is -0.957. The van der Waals surface area contributed by atoms with Crippen LogP contribution in [0.3, 0.4) is 0 Å². The molecule has 1 saturated heterocycles. The smallest absolute Gasteiger partial charge is 0.320 e. The van der Waals surface area contributed by atoms with Crippen molar-refractivity contribution < 1.29 is 19.8 Å². The van der Waals surface area contributed by atoms with E-state index in [4.69, 9.17) is 5.11 Å². The Morgan fingerprint density at radius 3 is 2.06 bits per heavy atom. The van der Waals surface area contributed by atoms with E-state index in [-0.39, 0.29) is 12.8 Å². The summed E-state index contributed by atoms with van der Waals surface area (Å²) in [6, 6.07) is -0.720. The van der Waals surface area contributed by atoms with Crippen LogP contribution in [0.2, 0.25) is 0 Å². The molecule has 0 unspecified atom stereocenters. The molecule has 0 amide bonds. The molecule has 0 saturated carbocycles. The fourth-order valence-corrected chi connectivity index (χ4v) is 2.02. The minimum absolute atomic E-state index is 0.117. The highest BCUT2D eigenvalue weighted by molar-refractivity contribution is 5.75. The van der Waals surface area contributed by atoms with E-state index in [2.05, 4.69) is 10.6 Å². The lowest BCUT2D eigenvalue weighted by molar-refractivity contribution is -0.144. The van der Waals surface area contributed by atoms with Gasteiger partial charge in [-0.3, -0.25) is 14.5 Å². The molecule has 18 heavy (non-hydrogen) atoms. The predicted molar refractivity (Wildman–Crippen MR) is 65.6 cm³/mol. The summed E-state index contributed by atoms with van der Waals surface area (Å²) < 4.78 is 0. The van der Waals surface area contributed by atoms with Gasteiger partial charge in [0, 0.05) is 45.7 Å². The third-order valence-electron chi connectivity index (χ3n) is 2.99. The van der Waals surface area contributed by atoms with Gasteiger partial charge in [0.15, 0.2) is 0 Å². The number of carbonyl (C=O) groups is 2. The van der Waals surface area contributed by atoms with Crippen LogP contribution >= 0.6 is 0 Å². The molecular weight excluding hydrogens is 238 g/mol. The number of aliphatic carboxylic acids is 2. The van der Waals surface area contributed by atoms with Gasteiger partial charge < -0.3 is 20.8 Å². The molecule has 0 spiro atoms. The molecule has 0 radical (unpaired) electrons. The average Bonchev–Trinajstić information content (AvgIpc) is 2.42. The number of hydrogen-bond acceptors (Lipinski definition) is 5. The van der Waals surface area contributed by atoms with Gasteiger partial charge in [-0.2, -0.15) is 0 Å². The zero-order valence-corrected chi connectivity index (χ0v) is 10.4. The van der Waals surface area contributed by atoms with Crippen molar-refractivity contribution in [3.8, 4) is 0 Å². The Morgan fingerprint density at radius 2 is 1.61 bits per heavy atom.